The van der Waals surface area contributed by atoms with E-state index in [4.69, 9.17) is 0 Å². The minimum atomic E-state index is 1.00. The first-order chi connectivity index (χ1) is 16.3. The normalized spacial score (nSPS) is 14.2. The average molecular weight is 864 g/mol. The van der Waals surface area contributed by atoms with Crippen LogP contribution in [0, 0.1) is 0 Å². The summed E-state index contributed by atoms with van der Waals surface area (Å²) in [4.78, 5) is 0. The molecular weight excluding hydrogens is 856 g/mol. The first-order valence-electron chi connectivity index (χ1n) is 10.0. The highest BCUT2D eigenvalue weighted by molar-refractivity contribution is 9.14. The predicted octanol–water partition coefficient (Wildman–Crippen LogP) is 10.8. The van der Waals surface area contributed by atoms with E-state index in [0.717, 1.165) is 53.4 Å². The summed E-state index contributed by atoms with van der Waals surface area (Å²) in [6.45, 7) is 0. The number of benzene rings is 7. The van der Waals surface area contributed by atoms with Crippen LogP contribution in [-0.4, -0.2) is 0 Å². The van der Waals surface area contributed by atoms with Crippen LogP contribution < -0.4 is 10.4 Å². The van der Waals surface area contributed by atoms with Gasteiger partial charge >= 0.3 is 0 Å². The minimum Gasteiger partial charge on any atom is -0.151 e. The topological polar surface area (TPSA) is 0 Å². The van der Waals surface area contributed by atoms with Crippen LogP contribution in [0.1, 0.15) is 0 Å². The zero-order chi connectivity index (χ0) is 23.8. The molecule has 0 amide bonds. The highest BCUT2D eigenvalue weighted by Gasteiger charge is 2.29. The highest BCUT2D eigenvalue weighted by atomic mass is 79.9. The molecule has 0 aliphatic carbocycles. The average Bonchev–Trinajstić information content (AvgIpc) is 2.84. The minimum absolute atomic E-state index is 1.00. The first kappa shape index (κ1) is 23.3. The third-order valence-corrected chi connectivity index (χ3v) is 13.9. The molecule has 0 saturated carbocycles. The Bertz CT molecular complexity index is 2150. The smallest absolute Gasteiger partial charge is 0.0414 e. The Morgan fingerprint density at radius 3 is 1.44 bits per heavy atom. The number of hydrogen-bond donors (Lipinski definition) is 2. The molecule has 0 unspecified atom stereocenters. The van der Waals surface area contributed by atoms with E-state index in [0.29, 0.717) is 0 Å². The molecule has 34 heavy (non-hydrogen) atoms. The van der Waals surface area contributed by atoms with Crippen molar-refractivity contribution in [1.82, 2.24) is 0 Å². The third-order valence-electron chi connectivity index (χ3n) is 6.96. The Morgan fingerprint density at radius 1 is 0.412 bits per heavy atom. The summed E-state index contributed by atoms with van der Waals surface area (Å²) in [7, 11) is 0. The van der Waals surface area contributed by atoms with Crippen molar-refractivity contribution in [3.05, 3.63) is 61.5 Å². The summed E-state index contributed by atoms with van der Waals surface area (Å²) in [6, 6.07) is 8.88. The maximum absolute atomic E-state index is 4.65. The van der Waals surface area contributed by atoms with Crippen molar-refractivity contribution < 1.29 is 0 Å². The van der Waals surface area contributed by atoms with Gasteiger partial charge in [-0.05, 0) is 149 Å². The van der Waals surface area contributed by atoms with Gasteiger partial charge in [-0.3, -0.25) is 0 Å². The fourth-order valence-corrected chi connectivity index (χ4v) is 10.3. The molecule has 166 valence electrons. The lowest BCUT2D eigenvalue weighted by atomic mass is 9.82. The lowest BCUT2D eigenvalue weighted by Gasteiger charge is -2.25. The van der Waals surface area contributed by atoms with Gasteiger partial charge in [0, 0.05) is 59.2 Å². The molecule has 0 aliphatic rings. The number of hydrogen-bond acceptors (Lipinski definition) is 2. The largest absolute Gasteiger partial charge is 0.151 e. The van der Waals surface area contributed by atoms with Crippen molar-refractivity contribution in [2.24, 2.45) is 0 Å². The zero-order valence-electron chi connectivity index (χ0n) is 16.6. The van der Waals surface area contributed by atoms with Crippen LogP contribution in [0.5, 0.6) is 0 Å². The van der Waals surface area contributed by atoms with Crippen molar-refractivity contribution in [3.63, 3.8) is 0 Å². The molecule has 7 aromatic rings. The van der Waals surface area contributed by atoms with Gasteiger partial charge in [0.05, 0.1) is 0 Å². The van der Waals surface area contributed by atoms with E-state index in [1.807, 2.05) is 10.8 Å². The molecule has 0 aromatic heterocycles. The first-order valence-corrected chi connectivity index (χ1v) is 15.8. The molecular formula is C26H8Br6S2. The van der Waals surface area contributed by atoms with Crippen LogP contribution >= 0.6 is 121 Å². The lowest BCUT2D eigenvalue weighted by molar-refractivity contribution is 1.62. The maximum atomic E-state index is 4.65. The quantitative estimate of drug-likeness (QED) is 0.0847. The van der Waals surface area contributed by atoms with Crippen LogP contribution in [-0.2, 0) is 0 Å². The van der Waals surface area contributed by atoms with Crippen LogP contribution in [0.2, 0.25) is 0 Å². The van der Waals surface area contributed by atoms with Crippen molar-refractivity contribution in [2.75, 3.05) is 0 Å². The molecule has 7 rings (SSSR count). The van der Waals surface area contributed by atoms with Crippen molar-refractivity contribution >= 4 is 196 Å². The van der Waals surface area contributed by atoms with Gasteiger partial charge in [0.1, 0.15) is 0 Å². The van der Waals surface area contributed by atoms with E-state index >= 15 is 0 Å². The van der Waals surface area contributed by atoms with E-state index in [2.05, 4.69) is 145 Å². The van der Waals surface area contributed by atoms with E-state index < -0.39 is 0 Å². The molecule has 0 heterocycles. The van der Waals surface area contributed by atoms with Crippen LogP contribution in [0.15, 0.2) is 51.1 Å². The summed E-state index contributed by atoms with van der Waals surface area (Å²) in [5.74, 6) is 0. The summed E-state index contributed by atoms with van der Waals surface area (Å²) in [5, 5.41) is 20.4. The molecule has 0 bridgehead atoms. The SMILES string of the molecule is SC=c1c(=CS)c2c(Br)c(Br)c3c(Br)c(Br)c4c(Br)c(Br)c5ccc6ccc1c1c6c5c4c3c21. The predicted molar refractivity (Wildman–Crippen MR) is 177 cm³/mol. The third kappa shape index (κ3) is 2.58. The van der Waals surface area contributed by atoms with Crippen LogP contribution in [0.4, 0.5) is 0 Å². The lowest BCUT2D eigenvalue weighted by Crippen LogP contribution is -2.26. The second-order valence-electron chi connectivity index (χ2n) is 8.29. The Kier molecular flexibility index (Phi) is 5.39. The summed E-state index contributed by atoms with van der Waals surface area (Å²) in [5.41, 5.74) is 0. The highest BCUT2D eigenvalue weighted by Crippen LogP contribution is 2.57. The summed E-state index contributed by atoms with van der Waals surface area (Å²) in [6.07, 6.45) is 0. The Balaban J connectivity index is 2.13. The van der Waals surface area contributed by atoms with Gasteiger partial charge in [0.25, 0.3) is 0 Å². The number of halogens is 6. The standard InChI is InChI=1S/C26H8Br6S2/c27-21-9-4-2-7-1-3-8-10(5-33)11(6-34)15-16-13(8)12(7)14(9)17-18(16)20(24(30)22(15)28)26(32)25(31)19(17)23(21)29/h1-6,33-34H. The molecule has 0 saturated heterocycles. The molecule has 8 heteroatoms. The fourth-order valence-electron chi connectivity index (χ4n) is 5.68. The van der Waals surface area contributed by atoms with Gasteiger partial charge in [-0.1, -0.05) is 24.3 Å². The monoisotopic (exact) mass is 858 g/mol. The Hall–Kier alpha value is 0.200. The van der Waals surface area contributed by atoms with Gasteiger partial charge in [0.15, 0.2) is 0 Å². The van der Waals surface area contributed by atoms with Gasteiger partial charge in [0.2, 0.25) is 0 Å². The molecule has 0 spiro atoms. The van der Waals surface area contributed by atoms with Crippen LogP contribution in [0.25, 0.3) is 75.5 Å². The van der Waals surface area contributed by atoms with Crippen molar-refractivity contribution in [3.8, 4) is 0 Å². The van der Waals surface area contributed by atoms with E-state index in [-0.39, 0.29) is 0 Å². The van der Waals surface area contributed by atoms with Gasteiger partial charge in [-0.15, -0.1) is 0 Å². The zero-order valence-corrected chi connectivity index (χ0v) is 27.9. The van der Waals surface area contributed by atoms with Gasteiger partial charge in [-0.2, -0.15) is 25.3 Å². The number of thiol groups is 2. The Morgan fingerprint density at radius 2 is 0.853 bits per heavy atom. The van der Waals surface area contributed by atoms with E-state index in [9.17, 15) is 0 Å². The molecule has 0 radical (unpaired) electrons. The van der Waals surface area contributed by atoms with Crippen molar-refractivity contribution in [2.45, 2.75) is 0 Å². The second kappa shape index (κ2) is 7.85. The van der Waals surface area contributed by atoms with Crippen LogP contribution in [0.3, 0.4) is 0 Å². The summed E-state index contributed by atoms with van der Waals surface area (Å²) < 4.78 is 6.13. The fraction of sp³-hybridized carbons (Fsp3) is 0. The van der Waals surface area contributed by atoms with Gasteiger partial charge in [-0.25, -0.2) is 0 Å². The van der Waals surface area contributed by atoms with E-state index in [1.165, 1.54) is 48.5 Å². The van der Waals surface area contributed by atoms with E-state index in [1.54, 1.807) is 0 Å². The van der Waals surface area contributed by atoms with Crippen molar-refractivity contribution in [1.29, 1.82) is 0 Å². The maximum Gasteiger partial charge on any atom is 0.0414 e. The molecule has 0 fully saturated rings. The second-order valence-corrected chi connectivity index (χ2v) is 13.6. The van der Waals surface area contributed by atoms with Gasteiger partial charge < -0.3 is 0 Å². The molecule has 0 atom stereocenters. The molecule has 7 aromatic carbocycles. The Labute approximate surface area is 254 Å². The number of rotatable bonds is 0. The molecule has 0 nitrogen and oxygen atoms in total. The summed E-state index contributed by atoms with van der Waals surface area (Å²) >= 11 is 32.9. The molecule has 0 N–H and O–H groups in total. The molecule has 0 aliphatic heterocycles.